The van der Waals surface area contributed by atoms with E-state index in [1.165, 1.54) is 12.1 Å². The number of para-hydroxylation sites is 1. The SMILES string of the molecule is Cc1cc(NC(=O)NCCOc2ccccc2F)no1. The molecule has 7 heteroatoms. The van der Waals surface area contributed by atoms with Crippen LogP contribution in [-0.4, -0.2) is 24.3 Å². The predicted molar refractivity (Wildman–Crippen MR) is 70.2 cm³/mol. The van der Waals surface area contributed by atoms with E-state index in [1.807, 2.05) is 0 Å². The number of halogens is 1. The Balaban J connectivity index is 1.68. The van der Waals surface area contributed by atoms with Crippen LogP contribution < -0.4 is 15.4 Å². The molecule has 20 heavy (non-hydrogen) atoms. The van der Waals surface area contributed by atoms with E-state index in [1.54, 1.807) is 25.1 Å². The first kappa shape index (κ1) is 13.9. The molecule has 0 fully saturated rings. The molecule has 2 amide bonds. The summed E-state index contributed by atoms with van der Waals surface area (Å²) < 4.78 is 23.2. The molecule has 0 aliphatic heterocycles. The lowest BCUT2D eigenvalue weighted by Gasteiger charge is -2.08. The molecule has 0 radical (unpaired) electrons. The van der Waals surface area contributed by atoms with E-state index in [0.717, 1.165) is 0 Å². The molecule has 0 spiro atoms. The maximum absolute atomic E-state index is 13.2. The molecule has 1 heterocycles. The van der Waals surface area contributed by atoms with Crippen LogP contribution in [-0.2, 0) is 0 Å². The van der Waals surface area contributed by atoms with Crippen molar-refractivity contribution in [2.45, 2.75) is 6.92 Å². The predicted octanol–water partition coefficient (Wildman–Crippen LogP) is 2.32. The molecule has 6 nitrogen and oxygen atoms in total. The van der Waals surface area contributed by atoms with Crippen molar-refractivity contribution in [2.75, 3.05) is 18.5 Å². The van der Waals surface area contributed by atoms with Gasteiger partial charge in [-0.1, -0.05) is 17.3 Å². The zero-order valence-electron chi connectivity index (χ0n) is 10.9. The minimum Gasteiger partial charge on any atom is -0.489 e. The summed E-state index contributed by atoms with van der Waals surface area (Å²) in [5, 5.41) is 8.65. The van der Waals surface area contributed by atoms with Crippen LogP contribution >= 0.6 is 0 Å². The number of urea groups is 1. The Morgan fingerprint density at radius 3 is 2.95 bits per heavy atom. The number of anilines is 1. The van der Waals surface area contributed by atoms with Crippen molar-refractivity contribution >= 4 is 11.8 Å². The lowest BCUT2D eigenvalue weighted by molar-refractivity contribution is 0.246. The molecular formula is C13H14FN3O3. The molecule has 0 aliphatic carbocycles. The molecular weight excluding hydrogens is 265 g/mol. The van der Waals surface area contributed by atoms with Gasteiger partial charge in [0.1, 0.15) is 12.4 Å². The number of aryl methyl sites for hydroxylation is 1. The molecule has 0 unspecified atom stereocenters. The number of benzene rings is 1. The zero-order valence-corrected chi connectivity index (χ0v) is 10.9. The average Bonchev–Trinajstić information content (AvgIpc) is 2.82. The molecule has 0 saturated carbocycles. The van der Waals surface area contributed by atoms with Crippen molar-refractivity contribution in [3.8, 4) is 5.75 Å². The molecule has 0 bridgehead atoms. The third-order valence-electron chi connectivity index (χ3n) is 2.35. The third kappa shape index (κ3) is 3.98. The van der Waals surface area contributed by atoms with Crippen LogP contribution in [0.15, 0.2) is 34.9 Å². The number of ether oxygens (including phenoxy) is 1. The largest absolute Gasteiger partial charge is 0.489 e. The molecule has 1 aromatic carbocycles. The molecule has 2 rings (SSSR count). The van der Waals surface area contributed by atoms with E-state index >= 15 is 0 Å². The Labute approximate surface area is 114 Å². The Hall–Kier alpha value is -2.57. The van der Waals surface area contributed by atoms with Crippen molar-refractivity contribution in [1.82, 2.24) is 10.5 Å². The summed E-state index contributed by atoms with van der Waals surface area (Å²) in [6.45, 7) is 2.11. The summed E-state index contributed by atoms with van der Waals surface area (Å²) in [5.74, 6) is 0.648. The van der Waals surface area contributed by atoms with E-state index in [0.29, 0.717) is 11.6 Å². The van der Waals surface area contributed by atoms with Gasteiger partial charge in [0.15, 0.2) is 17.4 Å². The van der Waals surface area contributed by atoms with Crippen molar-refractivity contribution in [3.63, 3.8) is 0 Å². The van der Waals surface area contributed by atoms with Crippen LogP contribution in [0.3, 0.4) is 0 Å². The van der Waals surface area contributed by atoms with Crippen LogP contribution in [0.4, 0.5) is 15.0 Å². The van der Waals surface area contributed by atoms with Crippen LogP contribution in [0.25, 0.3) is 0 Å². The summed E-state index contributed by atoms with van der Waals surface area (Å²) in [6.07, 6.45) is 0. The van der Waals surface area contributed by atoms with Crippen LogP contribution in [0.1, 0.15) is 5.76 Å². The van der Waals surface area contributed by atoms with Crippen molar-refractivity contribution in [1.29, 1.82) is 0 Å². The number of hydrogen-bond donors (Lipinski definition) is 2. The average molecular weight is 279 g/mol. The number of nitrogens with one attached hydrogen (secondary N) is 2. The third-order valence-corrected chi connectivity index (χ3v) is 2.35. The highest BCUT2D eigenvalue weighted by Gasteiger charge is 2.05. The number of aromatic nitrogens is 1. The highest BCUT2D eigenvalue weighted by molar-refractivity contribution is 5.88. The monoisotopic (exact) mass is 279 g/mol. The number of amides is 2. The molecule has 2 N–H and O–H groups in total. The maximum Gasteiger partial charge on any atom is 0.320 e. The number of carbonyl (C=O) groups excluding carboxylic acids is 1. The molecule has 106 valence electrons. The minimum atomic E-state index is -0.435. The quantitative estimate of drug-likeness (QED) is 0.823. The fraction of sp³-hybridized carbons (Fsp3) is 0.231. The summed E-state index contributed by atoms with van der Waals surface area (Å²) >= 11 is 0. The van der Waals surface area contributed by atoms with Gasteiger partial charge in [0, 0.05) is 6.07 Å². The second kappa shape index (κ2) is 6.55. The minimum absolute atomic E-state index is 0.154. The number of rotatable bonds is 5. The topological polar surface area (TPSA) is 76.4 Å². The summed E-state index contributed by atoms with van der Waals surface area (Å²) in [7, 11) is 0. The molecule has 2 aromatic rings. The zero-order chi connectivity index (χ0) is 14.4. The number of nitrogens with zero attached hydrogens (tertiary/aromatic N) is 1. The van der Waals surface area contributed by atoms with Gasteiger partial charge in [0.2, 0.25) is 0 Å². The molecule has 1 aromatic heterocycles. The Morgan fingerprint density at radius 1 is 1.45 bits per heavy atom. The molecule has 0 atom stereocenters. The van der Waals surface area contributed by atoms with E-state index in [4.69, 9.17) is 9.26 Å². The van der Waals surface area contributed by atoms with Crippen molar-refractivity contribution in [3.05, 3.63) is 41.9 Å². The highest BCUT2D eigenvalue weighted by atomic mass is 19.1. The van der Waals surface area contributed by atoms with Crippen molar-refractivity contribution < 1.29 is 18.4 Å². The van der Waals surface area contributed by atoms with E-state index in [-0.39, 0.29) is 18.9 Å². The van der Waals surface area contributed by atoms with Crippen molar-refractivity contribution in [2.24, 2.45) is 0 Å². The Bertz CT molecular complexity index is 586. The van der Waals surface area contributed by atoms with Crippen LogP contribution in [0.5, 0.6) is 5.75 Å². The first-order chi connectivity index (χ1) is 9.65. The molecule has 0 aliphatic rings. The Morgan fingerprint density at radius 2 is 2.25 bits per heavy atom. The van der Waals surface area contributed by atoms with Gasteiger partial charge in [-0.3, -0.25) is 5.32 Å². The van der Waals surface area contributed by atoms with E-state index in [2.05, 4.69) is 15.8 Å². The van der Waals surface area contributed by atoms with Crippen LogP contribution in [0, 0.1) is 12.7 Å². The van der Waals surface area contributed by atoms with Gasteiger partial charge in [0.05, 0.1) is 6.54 Å². The normalized spacial score (nSPS) is 10.1. The first-order valence-electron chi connectivity index (χ1n) is 6.00. The fourth-order valence-electron chi connectivity index (χ4n) is 1.47. The fourth-order valence-corrected chi connectivity index (χ4v) is 1.47. The number of hydrogen-bond acceptors (Lipinski definition) is 4. The summed E-state index contributed by atoms with van der Waals surface area (Å²) in [5.41, 5.74) is 0. The van der Waals surface area contributed by atoms with Gasteiger partial charge in [-0.25, -0.2) is 9.18 Å². The highest BCUT2D eigenvalue weighted by Crippen LogP contribution is 2.14. The van der Waals surface area contributed by atoms with Gasteiger partial charge in [-0.15, -0.1) is 0 Å². The standard InChI is InChI=1S/C13H14FN3O3/c1-9-8-12(17-20-9)16-13(18)15-6-7-19-11-5-3-2-4-10(11)14/h2-5,8H,6-7H2,1H3,(H2,15,16,17,18). The summed E-state index contributed by atoms with van der Waals surface area (Å²) in [4.78, 5) is 11.5. The smallest absolute Gasteiger partial charge is 0.320 e. The number of carbonyl (C=O) groups is 1. The lowest BCUT2D eigenvalue weighted by atomic mass is 10.3. The van der Waals surface area contributed by atoms with Gasteiger partial charge in [-0.2, -0.15) is 0 Å². The van der Waals surface area contributed by atoms with Gasteiger partial charge in [0.25, 0.3) is 0 Å². The van der Waals surface area contributed by atoms with E-state index in [9.17, 15) is 9.18 Å². The van der Waals surface area contributed by atoms with E-state index < -0.39 is 11.8 Å². The van der Waals surface area contributed by atoms with Gasteiger partial charge < -0.3 is 14.6 Å². The van der Waals surface area contributed by atoms with Crippen LogP contribution in [0.2, 0.25) is 0 Å². The van der Waals surface area contributed by atoms with Gasteiger partial charge >= 0.3 is 6.03 Å². The first-order valence-corrected chi connectivity index (χ1v) is 6.00. The second-order valence-electron chi connectivity index (χ2n) is 3.98. The van der Waals surface area contributed by atoms with Gasteiger partial charge in [-0.05, 0) is 19.1 Å². The Kier molecular flexibility index (Phi) is 4.54. The summed E-state index contributed by atoms with van der Waals surface area (Å²) in [6, 6.07) is 7.24. The second-order valence-corrected chi connectivity index (χ2v) is 3.98. The lowest BCUT2D eigenvalue weighted by Crippen LogP contribution is -2.32. The molecule has 0 saturated heterocycles. The maximum atomic E-state index is 13.2.